The van der Waals surface area contributed by atoms with E-state index in [1.165, 1.54) is 24.1 Å². The molecule has 0 unspecified atom stereocenters. The van der Waals surface area contributed by atoms with Gasteiger partial charge in [-0.2, -0.15) is 0 Å². The molecule has 1 aliphatic heterocycles. The number of nitrogens with zero attached hydrogens (tertiary/aromatic N) is 2. The summed E-state index contributed by atoms with van der Waals surface area (Å²) in [5.41, 5.74) is 1.34. The van der Waals surface area contributed by atoms with Crippen LogP contribution in [0.5, 0.6) is 11.5 Å². The van der Waals surface area contributed by atoms with Crippen LogP contribution in [0.3, 0.4) is 0 Å². The quantitative estimate of drug-likeness (QED) is 0.322. The molecule has 8 nitrogen and oxygen atoms in total. The van der Waals surface area contributed by atoms with Crippen LogP contribution in [0.15, 0.2) is 47.4 Å². The zero-order valence-corrected chi connectivity index (χ0v) is 18.2. The molecule has 2 amide bonds. The number of hydrogen-bond donors (Lipinski definition) is 0. The molecule has 9 heteroatoms. The predicted octanol–water partition coefficient (Wildman–Crippen LogP) is 5.02. The third kappa shape index (κ3) is 5.05. The van der Waals surface area contributed by atoms with Crippen molar-refractivity contribution in [1.82, 2.24) is 4.90 Å². The number of rotatable bonds is 8. The van der Waals surface area contributed by atoms with Gasteiger partial charge in [-0.1, -0.05) is 25.1 Å². The van der Waals surface area contributed by atoms with Gasteiger partial charge in [0.25, 0.3) is 16.8 Å². The summed E-state index contributed by atoms with van der Waals surface area (Å²) >= 11 is 0.921. The predicted molar refractivity (Wildman–Crippen MR) is 118 cm³/mol. The lowest BCUT2D eigenvalue weighted by Gasteiger charge is -2.19. The van der Waals surface area contributed by atoms with Gasteiger partial charge in [0.1, 0.15) is 6.61 Å². The maximum absolute atomic E-state index is 12.6. The van der Waals surface area contributed by atoms with E-state index in [4.69, 9.17) is 9.47 Å². The van der Waals surface area contributed by atoms with Gasteiger partial charge in [-0.15, -0.1) is 0 Å². The number of imide groups is 1. The summed E-state index contributed by atoms with van der Waals surface area (Å²) in [6.07, 6.45) is 2.34. The van der Waals surface area contributed by atoms with Crippen LogP contribution in [-0.2, 0) is 11.4 Å². The third-order valence-corrected chi connectivity index (χ3v) is 5.74. The number of thioether (sulfide) groups is 1. The van der Waals surface area contributed by atoms with Crippen molar-refractivity contribution in [2.75, 3.05) is 7.11 Å². The molecule has 1 atom stereocenters. The van der Waals surface area contributed by atoms with E-state index >= 15 is 0 Å². The summed E-state index contributed by atoms with van der Waals surface area (Å²) in [5.74, 6) is 0.605. The molecule has 0 saturated carbocycles. The van der Waals surface area contributed by atoms with Gasteiger partial charge in [-0.25, -0.2) is 0 Å². The van der Waals surface area contributed by atoms with Crippen LogP contribution in [0.1, 0.15) is 31.4 Å². The molecule has 1 saturated heterocycles. The van der Waals surface area contributed by atoms with Gasteiger partial charge in [0, 0.05) is 18.2 Å². The molecule has 0 bridgehead atoms. The molecule has 2 aromatic carbocycles. The first-order valence-electron chi connectivity index (χ1n) is 9.65. The third-order valence-electron chi connectivity index (χ3n) is 4.86. The average molecular weight is 442 g/mol. The Labute approximate surface area is 184 Å². The fraction of sp³-hybridized carbons (Fsp3) is 0.273. The molecular weight excluding hydrogens is 420 g/mol. The lowest BCUT2D eigenvalue weighted by atomic mass is 10.1. The molecule has 31 heavy (non-hydrogen) atoms. The van der Waals surface area contributed by atoms with Gasteiger partial charge in [-0.05, 0) is 54.4 Å². The molecule has 0 aliphatic carbocycles. The molecule has 3 rings (SSSR count). The highest BCUT2D eigenvalue weighted by Crippen LogP contribution is 2.36. The molecule has 0 radical (unpaired) electrons. The number of hydrogen-bond acceptors (Lipinski definition) is 7. The Balaban J connectivity index is 1.77. The van der Waals surface area contributed by atoms with E-state index in [9.17, 15) is 19.7 Å². The number of carbonyl (C=O) groups excluding carboxylic acids is 2. The van der Waals surface area contributed by atoms with Gasteiger partial charge >= 0.3 is 0 Å². The second-order valence-corrected chi connectivity index (χ2v) is 7.93. The van der Waals surface area contributed by atoms with Crippen LogP contribution >= 0.6 is 11.8 Å². The Morgan fingerprint density at radius 3 is 2.65 bits per heavy atom. The number of benzene rings is 2. The lowest BCUT2D eigenvalue weighted by Crippen LogP contribution is -2.36. The van der Waals surface area contributed by atoms with E-state index in [-0.39, 0.29) is 29.5 Å². The number of carbonyl (C=O) groups is 2. The minimum Gasteiger partial charge on any atom is -0.493 e. The first kappa shape index (κ1) is 22.4. The van der Waals surface area contributed by atoms with Gasteiger partial charge in [0.15, 0.2) is 11.5 Å². The molecule has 0 spiro atoms. The number of amides is 2. The summed E-state index contributed by atoms with van der Waals surface area (Å²) in [6.45, 7) is 3.90. The largest absolute Gasteiger partial charge is 0.493 e. The Bertz CT molecular complexity index is 1050. The van der Waals surface area contributed by atoms with Crippen LogP contribution in [-0.4, -0.2) is 34.1 Å². The monoisotopic (exact) mass is 442 g/mol. The Morgan fingerprint density at radius 2 is 1.97 bits per heavy atom. The molecule has 1 aliphatic rings. The molecule has 0 aromatic heterocycles. The fourth-order valence-corrected chi connectivity index (χ4v) is 3.94. The number of non-ortho nitro benzene ring substituents is 1. The van der Waals surface area contributed by atoms with E-state index in [2.05, 4.69) is 0 Å². The molecule has 0 N–H and O–H groups in total. The normalized spacial score (nSPS) is 16.0. The van der Waals surface area contributed by atoms with Gasteiger partial charge in [0.05, 0.1) is 16.9 Å². The van der Waals surface area contributed by atoms with Crippen molar-refractivity contribution >= 4 is 34.7 Å². The SMILES string of the molecule is CC[C@@H](C)N1C(=O)S/C(=C/c2ccc(OCc3cccc([N+](=O)[O-])c3)c(OC)c2)C1=O. The lowest BCUT2D eigenvalue weighted by molar-refractivity contribution is -0.384. The van der Waals surface area contributed by atoms with Crippen LogP contribution < -0.4 is 9.47 Å². The van der Waals surface area contributed by atoms with E-state index in [0.29, 0.717) is 34.0 Å². The molecule has 162 valence electrons. The highest BCUT2D eigenvalue weighted by molar-refractivity contribution is 8.18. The first-order chi connectivity index (χ1) is 14.8. The van der Waals surface area contributed by atoms with Crippen LogP contribution in [0.2, 0.25) is 0 Å². The van der Waals surface area contributed by atoms with E-state index < -0.39 is 4.92 Å². The van der Waals surface area contributed by atoms with Crippen molar-refractivity contribution in [1.29, 1.82) is 0 Å². The van der Waals surface area contributed by atoms with E-state index in [0.717, 1.165) is 11.8 Å². The summed E-state index contributed by atoms with van der Waals surface area (Å²) in [7, 11) is 1.50. The van der Waals surface area contributed by atoms with Crippen LogP contribution in [0, 0.1) is 10.1 Å². The minimum atomic E-state index is -0.457. The Hall–Kier alpha value is -3.33. The highest BCUT2D eigenvalue weighted by atomic mass is 32.2. The summed E-state index contributed by atoms with van der Waals surface area (Å²) in [6, 6.07) is 11.2. The number of ether oxygens (including phenoxy) is 2. The summed E-state index contributed by atoms with van der Waals surface area (Å²) in [4.78, 5) is 36.9. The first-order valence-corrected chi connectivity index (χ1v) is 10.5. The topological polar surface area (TPSA) is 99.0 Å². The zero-order valence-electron chi connectivity index (χ0n) is 17.4. The average Bonchev–Trinajstić information content (AvgIpc) is 3.05. The fourth-order valence-electron chi connectivity index (χ4n) is 3.01. The van der Waals surface area contributed by atoms with Crippen molar-refractivity contribution in [2.24, 2.45) is 0 Å². The Morgan fingerprint density at radius 1 is 1.19 bits per heavy atom. The molecular formula is C22H22N2O6S. The second kappa shape index (κ2) is 9.65. The van der Waals surface area contributed by atoms with E-state index in [1.54, 1.807) is 36.4 Å². The van der Waals surface area contributed by atoms with Crippen molar-refractivity contribution in [3.63, 3.8) is 0 Å². The number of methoxy groups -OCH3 is 1. The van der Waals surface area contributed by atoms with Crippen molar-refractivity contribution in [3.8, 4) is 11.5 Å². The van der Waals surface area contributed by atoms with Crippen molar-refractivity contribution < 1.29 is 24.0 Å². The summed E-state index contributed by atoms with van der Waals surface area (Å²) in [5, 5.41) is 10.6. The van der Waals surface area contributed by atoms with E-state index in [1.807, 2.05) is 13.8 Å². The smallest absolute Gasteiger partial charge is 0.293 e. The standard InChI is InChI=1S/C22H22N2O6S/c1-4-14(2)23-21(25)20(31-22(23)26)12-15-8-9-18(19(11-15)29-3)30-13-16-6-5-7-17(10-16)24(27)28/h5-12,14H,4,13H2,1-3H3/b20-12+/t14-/m1/s1. The minimum absolute atomic E-state index is 0.00486. The van der Waals surface area contributed by atoms with Gasteiger partial charge in [0.2, 0.25) is 0 Å². The van der Waals surface area contributed by atoms with Crippen LogP contribution in [0.4, 0.5) is 10.5 Å². The number of nitro groups is 1. The number of nitro benzene ring substituents is 1. The van der Waals surface area contributed by atoms with Gasteiger partial charge in [-0.3, -0.25) is 24.6 Å². The highest BCUT2D eigenvalue weighted by Gasteiger charge is 2.37. The second-order valence-electron chi connectivity index (χ2n) is 6.93. The van der Waals surface area contributed by atoms with Crippen molar-refractivity contribution in [3.05, 3.63) is 68.6 Å². The van der Waals surface area contributed by atoms with Crippen LogP contribution in [0.25, 0.3) is 6.08 Å². The molecule has 1 heterocycles. The maximum atomic E-state index is 12.6. The molecule has 1 fully saturated rings. The summed E-state index contributed by atoms with van der Waals surface area (Å²) < 4.78 is 11.2. The Kier molecular flexibility index (Phi) is 6.96. The molecule has 2 aromatic rings. The maximum Gasteiger partial charge on any atom is 0.293 e. The van der Waals surface area contributed by atoms with Gasteiger partial charge < -0.3 is 9.47 Å². The van der Waals surface area contributed by atoms with Crippen molar-refractivity contribution in [2.45, 2.75) is 32.9 Å². The zero-order chi connectivity index (χ0) is 22.5.